The predicted octanol–water partition coefficient (Wildman–Crippen LogP) is -0.835. The van der Waals surface area contributed by atoms with Gasteiger partial charge >= 0.3 is 17.8 Å². The molecule has 0 fully saturated rings. The molecule has 0 aliphatic rings. The number of rotatable bonds is 2. The van der Waals surface area contributed by atoms with Gasteiger partial charge in [-0.3, -0.25) is 9.59 Å². The summed E-state index contributed by atoms with van der Waals surface area (Å²) in [6.45, 7) is 0. The third kappa shape index (κ3) is 2.79. The van der Waals surface area contributed by atoms with Gasteiger partial charge in [0.05, 0.1) is 18.4 Å². The molecule has 0 unspecified atom stereocenters. The molecule has 7 heteroatoms. The van der Waals surface area contributed by atoms with Crippen molar-refractivity contribution in [2.45, 2.75) is 0 Å². The van der Waals surface area contributed by atoms with Crippen LogP contribution in [0.3, 0.4) is 0 Å². The van der Waals surface area contributed by atoms with E-state index in [1.165, 1.54) is 31.4 Å². The number of carbonyl (C=O) groups is 3. The molecule has 0 atom stereocenters. The Bertz CT molecular complexity index is 455. The minimum atomic E-state index is -1.16. The summed E-state index contributed by atoms with van der Waals surface area (Å²) >= 11 is 0. The van der Waals surface area contributed by atoms with Crippen molar-refractivity contribution in [2.75, 3.05) is 12.1 Å². The summed E-state index contributed by atoms with van der Waals surface area (Å²) < 4.78 is 4.50. The Balaban J connectivity index is 2.91. The Morgan fingerprint density at radius 1 is 1.18 bits per heavy atom. The van der Waals surface area contributed by atoms with Crippen molar-refractivity contribution in [3.8, 4) is 0 Å². The Hall–Kier alpha value is -2.41. The van der Waals surface area contributed by atoms with Gasteiger partial charge in [0.1, 0.15) is 0 Å². The molecule has 0 saturated heterocycles. The van der Waals surface area contributed by atoms with Gasteiger partial charge in [0.25, 0.3) is 0 Å². The lowest BCUT2D eigenvalue weighted by atomic mass is 10.2. The smallest absolute Gasteiger partial charge is 0.337 e. The first-order valence-electron chi connectivity index (χ1n) is 4.54. The van der Waals surface area contributed by atoms with E-state index in [2.05, 4.69) is 4.74 Å². The lowest BCUT2D eigenvalue weighted by Crippen LogP contribution is -2.45. The predicted molar refractivity (Wildman–Crippen MR) is 58.6 cm³/mol. The van der Waals surface area contributed by atoms with Crippen molar-refractivity contribution in [3.05, 3.63) is 29.8 Å². The Morgan fingerprint density at radius 3 is 2.12 bits per heavy atom. The molecule has 90 valence electrons. The SMILES string of the molecule is COC(=O)c1ccc(N(N)C(=O)C(N)=O)cc1. The highest BCUT2D eigenvalue weighted by Gasteiger charge is 2.17. The zero-order valence-corrected chi connectivity index (χ0v) is 9.04. The van der Waals surface area contributed by atoms with Crippen molar-refractivity contribution < 1.29 is 19.1 Å². The van der Waals surface area contributed by atoms with Crippen LogP contribution < -0.4 is 16.6 Å². The van der Waals surface area contributed by atoms with E-state index >= 15 is 0 Å². The number of hydrazine groups is 1. The standard InChI is InChI=1S/C10H11N3O4/c1-17-10(16)6-2-4-7(5-3-6)13(12)9(15)8(11)14/h2-5H,12H2,1H3,(H2,11,14). The quantitative estimate of drug-likeness (QED) is 0.229. The average molecular weight is 237 g/mol. The van der Waals surface area contributed by atoms with Crippen LogP contribution in [0.2, 0.25) is 0 Å². The zero-order chi connectivity index (χ0) is 13.0. The molecule has 7 nitrogen and oxygen atoms in total. The van der Waals surface area contributed by atoms with Crippen LogP contribution in [-0.2, 0) is 14.3 Å². The minimum absolute atomic E-state index is 0.237. The van der Waals surface area contributed by atoms with Gasteiger partial charge in [-0.15, -0.1) is 0 Å². The number of amides is 2. The third-order valence-electron chi connectivity index (χ3n) is 2.00. The van der Waals surface area contributed by atoms with Crippen molar-refractivity contribution in [1.82, 2.24) is 0 Å². The van der Waals surface area contributed by atoms with E-state index in [0.717, 1.165) is 0 Å². The maximum atomic E-state index is 11.2. The van der Waals surface area contributed by atoms with Crippen LogP contribution in [0.5, 0.6) is 0 Å². The summed E-state index contributed by atoms with van der Waals surface area (Å²) in [6, 6.07) is 5.62. The molecule has 0 saturated carbocycles. The molecule has 0 aliphatic carbocycles. The molecule has 1 rings (SSSR count). The number of nitrogens with zero attached hydrogens (tertiary/aromatic N) is 1. The molecule has 0 aliphatic heterocycles. The number of carbonyl (C=O) groups excluding carboxylic acids is 3. The second kappa shape index (κ2) is 5.08. The van der Waals surface area contributed by atoms with Gasteiger partial charge in [-0.05, 0) is 24.3 Å². The highest BCUT2D eigenvalue weighted by Crippen LogP contribution is 2.13. The van der Waals surface area contributed by atoms with Crippen molar-refractivity contribution >= 4 is 23.5 Å². The highest BCUT2D eigenvalue weighted by molar-refractivity contribution is 6.39. The summed E-state index contributed by atoms with van der Waals surface area (Å²) in [7, 11) is 1.25. The summed E-state index contributed by atoms with van der Waals surface area (Å²) in [4.78, 5) is 32.9. The minimum Gasteiger partial charge on any atom is -0.465 e. The highest BCUT2D eigenvalue weighted by atomic mass is 16.5. The van der Waals surface area contributed by atoms with Crippen LogP contribution in [0.25, 0.3) is 0 Å². The molecule has 1 aromatic rings. The molecule has 0 spiro atoms. The third-order valence-corrected chi connectivity index (χ3v) is 2.00. The van der Waals surface area contributed by atoms with E-state index in [1.807, 2.05) is 0 Å². The molecule has 0 bridgehead atoms. The number of methoxy groups -OCH3 is 1. The van der Waals surface area contributed by atoms with Gasteiger partial charge in [0.15, 0.2) is 0 Å². The lowest BCUT2D eigenvalue weighted by Gasteiger charge is -2.14. The Kier molecular flexibility index (Phi) is 3.78. The largest absolute Gasteiger partial charge is 0.465 e. The molecule has 17 heavy (non-hydrogen) atoms. The summed E-state index contributed by atoms with van der Waals surface area (Å²) in [5.41, 5.74) is 5.33. The van der Waals surface area contributed by atoms with Crippen molar-refractivity contribution in [1.29, 1.82) is 0 Å². The first kappa shape index (κ1) is 12.7. The summed E-state index contributed by atoms with van der Waals surface area (Å²) in [5, 5.41) is 0.601. The van der Waals surface area contributed by atoms with E-state index in [-0.39, 0.29) is 5.69 Å². The average Bonchev–Trinajstić information content (AvgIpc) is 2.36. The van der Waals surface area contributed by atoms with Gasteiger partial charge in [-0.2, -0.15) is 0 Å². The number of ether oxygens (including phenoxy) is 1. The molecular weight excluding hydrogens is 226 g/mol. The molecule has 1 aromatic carbocycles. The van der Waals surface area contributed by atoms with Crippen LogP contribution >= 0.6 is 0 Å². The lowest BCUT2D eigenvalue weighted by molar-refractivity contribution is -0.135. The van der Waals surface area contributed by atoms with Gasteiger partial charge in [0.2, 0.25) is 0 Å². The number of hydrogen-bond acceptors (Lipinski definition) is 5. The molecular formula is C10H11N3O4. The monoisotopic (exact) mass is 237 g/mol. The van der Waals surface area contributed by atoms with Crippen molar-refractivity contribution in [3.63, 3.8) is 0 Å². The van der Waals surface area contributed by atoms with E-state index in [0.29, 0.717) is 10.6 Å². The van der Waals surface area contributed by atoms with E-state index in [1.54, 1.807) is 0 Å². The van der Waals surface area contributed by atoms with E-state index in [9.17, 15) is 14.4 Å². The number of esters is 1. The first-order chi connectivity index (χ1) is 7.97. The number of benzene rings is 1. The summed E-state index contributed by atoms with van der Waals surface area (Å²) in [5.74, 6) is 2.64. The molecule has 0 heterocycles. The summed E-state index contributed by atoms with van der Waals surface area (Å²) in [6.07, 6.45) is 0. The van der Waals surface area contributed by atoms with Gasteiger partial charge in [-0.25, -0.2) is 15.6 Å². The fourth-order valence-corrected chi connectivity index (χ4v) is 1.11. The van der Waals surface area contributed by atoms with Crippen LogP contribution in [0.1, 0.15) is 10.4 Å². The first-order valence-corrected chi connectivity index (χ1v) is 4.54. The van der Waals surface area contributed by atoms with Crippen LogP contribution in [-0.4, -0.2) is 24.9 Å². The second-order valence-electron chi connectivity index (χ2n) is 3.08. The Labute approximate surface area is 96.9 Å². The second-order valence-corrected chi connectivity index (χ2v) is 3.08. The maximum Gasteiger partial charge on any atom is 0.337 e. The molecule has 4 N–H and O–H groups in total. The van der Waals surface area contributed by atoms with E-state index < -0.39 is 17.8 Å². The van der Waals surface area contributed by atoms with Gasteiger partial charge < -0.3 is 10.5 Å². The fraction of sp³-hybridized carbons (Fsp3) is 0.100. The molecule has 2 amide bonds. The fourth-order valence-electron chi connectivity index (χ4n) is 1.11. The van der Waals surface area contributed by atoms with Crippen LogP contribution in [0, 0.1) is 0 Å². The van der Waals surface area contributed by atoms with Gasteiger partial charge in [0, 0.05) is 0 Å². The number of primary amides is 1. The number of anilines is 1. The van der Waals surface area contributed by atoms with Crippen molar-refractivity contribution in [2.24, 2.45) is 11.6 Å². The Morgan fingerprint density at radius 2 is 1.71 bits per heavy atom. The maximum absolute atomic E-state index is 11.2. The molecule has 0 aromatic heterocycles. The normalized spacial score (nSPS) is 9.53. The number of nitrogens with two attached hydrogens (primary N) is 2. The van der Waals surface area contributed by atoms with Crippen LogP contribution in [0.4, 0.5) is 5.69 Å². The van der Waals surface area contributed by atoms with Gasteiger partial charge in [-0.1, -0.05) is 0 Å². The van der Waals surface area contributed by atoms with E-state index in [4.69, 9.17) is 11.6 Å². The van der Waals surface area contributed by atoms with Crippen LogP contribution in [0.15, 0.2) is 24.3 Å². The number of hydrogen-bond donors (Lipinski definition) is 2. The topological polar surface area (TPSA) is 116 Å². The zero-order valence-electron chi connectivity index (χ0n) is 9.04. The molecule has 0 radical (unpaired) electrons.